The predicted molar refractivity (Wildman–Crippen MR) is 95.1 cm³/mol. The zero-order valence-electron chi connectivity index (χ0n) is 15.2. The highest BCUT2D eigenvalue weighted by Gasteiger charge is 2.54. The zero-order valence-corrected chi connectivity index (χ0v) is 15.2. The van der Waals surface area contributed by atoms with Gasteiger partial charge in [-0.2, -0.15) is 5.10 Å². The van der Waals surface area contributed by atoms with Crippen LogP contribution in [-0.4, -0.2) is 39.6 Å². The number of nitrogens with zero attached hydrogens (tertiary/aromatic N) is 1. The van der Waals surface area contributed by atoms with Crippen LogP contribution in [0.2, 0.25) is 0 Å². The molecule has 6 nitrogen and oxygen atoms in total. The van der Waals surface area contributed by atoms with E-state index in [0.29, 0.717) is 16.8 Å². The smallest absolute Gasteiger partial charge is 0.466 e. The second-order valence-corrected chi connectivity index (χ2v) is 7.54. The number of aromatic amines is 1. The zero-order chi connectivity index (χ0) is 19.1. The van der Waals surface area contributed by atoms with Crippen LogP contribution < -0.4 is 0 Å². The topological polar surface area (TPSA) is 84.4 Å². The summed E-state index contributed by atoms with van der Waals surface area (Å²) < 4.78 is 25.4. The normalized spacial score (nSPS) is 19.5. The van der Waals surface area contributed by atoms with Crippen molar-refractivity contribution in [1.29, 1.82) is 0 Å². The van der Waals surface area contributed by atoms with Crippen molar-refractivity contribution in [2.24, 2.45) is 0 Å². The lowest BCUT2D eigenvalue weighted by Gasteiger charge is -2.32. The Morgan fingerprint density at radius 3 is 2.35 bits per heavy atom. The standard InChI is InChI=1S/C18H22BFN2O4/c1-17(2)18(3,4)26-19(25-17)14(9-15(23)24)13-10-21-22-16(13)11-5-7-12(20)8-6-11/h5-8,10,14H,9H2,1-4H3,(H,21,22)(H,23,24). The Hall–Kier alpha value is -2.19. The summed E-state index contributed by atoms with van der Waals surface area (Å²) in [6.45, 7) is 7.67. The first kappa shape index (κ1) is 18.6. The van der Waals surface area contributed by atoms with E-state index in [1.165, 1.54) is 12.1 Å². The van der Waals surface area contributed by atoms with E-state index >= 15 is 0 Å². The third-order valence-corrected chi connectivity index (χ3v) is 5.20. The molecule has 1 saturated heterocycles. The van der Waals surface area contributed by atoms with Gasteiger partial charge in [0.1, 0.15) is 5.82 Å². The Morgan fingerprint density at radius 1 is 1.23 bits per heavy atom. The van der Waals surface area contributed by atoms with Crippen LogP contribution in [0.5, 0.6) is 0 Å². The molecular formula is C18H22BFN2O4. The van der Waals surface area contributed by atoms with E-state index in [2.05, 4.69) is 10.2 Å². The van der Waals surface area contributed by atoms with Crippen molar-refractivity contribution in [3.63, 3.8) is 0 Å². The van der Waals surface area contributed by atoms with E-state index in [4.69, 9.17) is 9.31 Å². The molecule has 1 aliphatic heterocycles. The maximum atomic E-state index is 13.2. The van der Waals surface area contributed by atoms with Crippen LogP contribution in [0.1, 0.15) is 45.5 Å². The van der Waals surface area contributed by atoms with Crippen molar-refractivity contribution < 1.29 is 23.6 Å². The van der Waals surface area contributed by atoms with Gasteiger partial charge in [0.25, 0.3) is 0 Å². The van der Waals surface area contributed by atoms with Crippen molar-refractivity contribution in [2.45, 2.75) is 51.1 Å². The Labute approximate surface area is 151 Å². The molecular weight excluding hydrogens is 338 g/mol. The molecule has 0 amide bonds. The number of hydrogen-bond acceptors (Lipinski definition) is 4. The minimum absolute atomic E-state index is 0.176. The molecule has 8 heteroatoms. The molecule has 0 bridgehead atoms. The summed E-state index contributed by atoms with van der Waals surface area (Å²) in [4.78, 5) is 11.5. The first-order valence-corrected chi connectivity index (χ1v) is 8.47. The van der Waals surface area contributed by atoms with E-state index in [1.807, 2.05) is 27.7 Å². The van der Waals surface area contributed by atoms with Gasteiger partial charge in [-0.05, 0) is 63.1 Å². The monoisotopic (exact) mass is 360 g/mol. The van der Waals surface area contributed by atoms with Crippen LogP contribution in [0.15, 0.2) is 30.5 Å². The van der Waals surface area contributed by atoms with Crippen molar-refractivity contribution in [1.82, 2.24) is 10.2 Å². The van der Waals surface area contributed by atoms with E-state index in [-0.39, 0.29) is 12.2 Å². The van der Waals surface area contributed by atoms with Crippen molar-refractivity contribution >= 4 is 13.1 Å². The van der Waals surface area contributed by atoms with E-state index in [1.54, 1.807) is 18.3 Å². The Kier molecular flexibility index (Phi) is 4.66. The summed E-state index contributed by atoms with van der Waals surface area (Å²) in [5.41, 5.74) is 0.858. The lowest BCUT2D eigenvalue weighted by Crippen LogP contribution is -2.41. The molecule has 3 rings (SSSR count). The fourth-order valence-electron chi connectivity index (χ4n) is 3.02. The molecule has 1 atom stereocenters. The lowest BCUT2D eigenvalue weighted by atomic mass is 9.66. The van der Waals surface area contributed by atoms with E-state index in [0.717, 1.165) is 0 Å². The van der Waals surface area contributed by atoms with Crippen LogP contribution in [0.25, 0.3) is 11.3 Å². The van der Waals surface area contributed by atoms with Crippen LogP contribution in [0, 0.1) is 5.82 Å². The van der Waals surface area contributed by atoms with Gasteiger partial charge in [-0.1, -0.05) is 0 Å². The number of aromatic nitrogens is 2. The fourth-order valence-corrected chi connectivity index (χ4v) is 3.02. The molecule has 2 heterocycles. The number of H-pyrrole nitrogens is 1. The fraction of sp³-hybridized carbons (Fsp3) is 0.444. The minimum Gasteiger partial charge on any atom is -0.481 e. The highest BCUT2D eigenvalue weighted by molar-refractivity contribution is 6.48. The number of nitrogens with one attached hydrogen (secondary N) is 1. The molecule has 0 radical (unpaired) electrons. The molecule has 0 saturated carbocycles. The van der Waals surface area contributed by atoms with Gasteiger partial charge in [-0.25, -0.2) is 4.39 Å². The Bertz CT molecular complexity index is 788. The second kappa shape index (κ2) is 6.52. The van der Waals surface area contributed by atoms with Crippen molar-refractivity contribution in [3.05, 3.63) is 41.8 Å². The first-order chi connectivity index (χ1) is 12.1. The summed E-state index contributed by atoms with van der Waals surface area (Å²) in [5.74, 6) is -1.87. The summed E-state index contributed by atoms with van der Waals surface area (Å²) in [6.07, 6.45) is 1.40. The molecule has 0 spiro atoms. The van der Waals surface area contributed by atoms with Gasteiger partial charge < -0.3 is 14.4 Å². The average Bonchev–Trinajstić information content (AvgIpc) is 3.08. The Morgan fingerprint density at radius 2 is 1.81 bits per heavy atom. The number of carboxylic acid groups (broad SMARTS) is 1. The Balaban J connectivity index is 1.99. The molecule has 1 aromatic carbocycles. The SMILES string of the molecule is CC1(C)OB(C(CC(=O)O)c2cn[nH]c2-c2ccc(F)cc2)OC1(C)C. The maximum Gasteiger partial charge on any atom is 0.466 e. The molecule has 1 aliphatic rings. The quantitative estimate of drug-likeness (QED) is 0.799. The average molecular weight is 360 g/mol. The highest BCUT2D eigenvalue weighted by Crippen LogP contribution is 2.43. The summed E-state index contributed by atoms with van der Waals surface area (Å²) in [5, 5.41) is 16.4. The number of hydrogen-bond donors (Lipinski definition) is 2. The summed E-state index contributed by atoms with van der Waals surface area (Å²) in [6, 6.07) is 5.94. The minimum atomic E-state index is -0.962. The maximum absolute atomic E-state index is 13.2. The van der Waals surface area contributed by atoms with Crippen LogP contribution in [0.3, 0.4) is 0 Å². The molecule has 2 aromatic rings. The van der Waals surface area contributed by atoms with E-state index in [9.17, 15) is 14.3 Å². The van der Waals surface area contributed by atoms with Gasteiger partial charge in [-0.3, -0.25) is 9.89 Å². The van der Waals surface area contributed by atoms with Crippen LogP contribution in [0.4, 0.5) is 4.39 Å². The molecule has 1 unspecified atom stereocenters. The molecule has 1 fully saturated rings. The third kappa shape index (κ3) is 3.39. The van der Waals surface area contributed by atoms with Gasteiger partial charge in [0, 0.05) is 5.82 Å². The molecule has 26 heavy (non-hydrogen) atoms. The lowest BCUT2D eigenvalue weighted by molar-refractivity contribution is -0.137. The van der Waals surface area contributed by atoms with Gasteiger partial charge in [0.15, 0.2) is 0 Å². The first-order valence-electron chi connectivity index (χ1n) is 8.47. The summed E-state index contributed by atoms with van der Waals surface area (Å²) >= 11 is 0. The molecule has 1 aromatic heterocycles. The number of rotatable bonds is 5. The van der Waals surface area contributed by atoms with Gasteiger partial charge >= 0.3 is 13.1 Å². The van der Waals surface area contributed by atoms with Crippen molar-refractivity contribution in [3.8, 4) is 11.3 Å². The van der Waals surface area contributed by atoms with Gasteiger partial charge in [0.05, 0.1) is 29.5 Å². The molecule has 0 aliphatic carbocycles. The number of carboxylic acids is 1. The van der Waals surface area contributed by atoms with Crippen LogP contribution >= 0.6 is 0 Å². The third-order valence-electron chi connectivity index (χ3n) is 5.20. The second-order valence-electron chi connectivity index (χ2n) is 7.54. The number of benzene rings is 1. The number of halogens is 1. The molecule has 2 N–H and O–H groups in total. The van der Waals surface area contributed by atoms with Gasteiger partial charge in [-0.15, -0.1) is 0 Å². The van der Waals surface area contributed by atoms with Crippen LogP contribution in [-0.2, 0) is 14.1 Å². The molecule has 138 valence electrons. The van der Waals surface area contributed by atoms with Crippen molar-refractivity contribution in [2.75, 3.05) is 0 Å². The highest BCUT2D eigenvalue weighted by atomic mass is 19.1. The number of aliphatic carboxylic acids is 1. The van der Waals surface area contributed by atoms with Gasteiger partial charge in [0.2, 0.25) is 0 Å². The largest absolute Gasteiger partial charge is 0.481 e. The summed E-state index contributed by atoms with van der Waals surface area (Å²) in [7, 11) is -0.729. The predicted octanol–water partition coefficient (Wildman–Crippen LogP) is 3.41. The van der Waals surface area contributed by atoms with E-state index < -0.39 is 30.1 Å². The number of carbonyl (C=O) groups is 1.